The molecule has 0 aliphatic rings. The van der Waals surface area contributed by atoms with E-state index in [2.05, 4.69) is 5.32 Å². The van der Waals surface area contributed by atoms with Gasteiger partial charge in [0.05, 0.1) is 10.6 Å². The van der Waals surface area contributed by atoms with E-state index in [4.69, 9.17) is 11.6 Å². The van der Waals surface area contributed by atoms with E-state index in [1.54, 1.807) is 12.1 Å². The van der Waals surface area contributed by atoms with Crippen LogP contribution in [0.3, 0.4) is 0 Å². The molecule has 0 radical (unpaired) electrons. The standard InChI is InChI=1S/C16H13ClF3NO/c1-9-5-10(2)7-11(6-9)15(22)21-12-3-4-14(17)13(8-12)16(18,19)20/h3-8H,1-2H3,(H,21,22). The molecule has 0 saturated heterocycles. The van der Waals surface area contributed by atoms with Gasteiger partial charge in [0.1, 0.15) is 0 Å². The Kier molecular flexibility index (Phi) is 4.47. The second-order valence-corrected chi connectivity index (χ2v) is 5.43. The molecule has 2 aromatic rings. The first-order valence-electron chi connectivity index (χ1n) is 6.43. The largest absolute Gasteiger partial charge is 0.417 e. The van der Waals surface area contributed by atoms with Gasteiger partial charge in [0, 0.05) is 11.3 Å². The highest BCUT2D eigenvalue weighted by atomic mass is 35.5. The van der Waals surface area contributed by atoms with Gasteiger partial charge in [-0.25, -0.2) is 0 Å². The van der Waals surface area contributed by atoms with Crippen LogP contribution in [0.4, 0.5) is 18.9 Å². The second kappa shape index (κ2) is 6.01. The summed E-state index contributed by atoms with van der Waals surface area (Å²) in [5.41, 5.74) is 1.25. The normalized spacial score (nSPS) is 11.4. The summed E-state index contributed by atoms with van der Waals surface area (Å²) in [5, 5.41) is 2.05. The molecule has 2 rings (SSSR count). The Bertz CT molecular complexity index is 706. The number of hydrogen-bond donors (Lipinski definition) is 1. The highest BCUT2D eigenvalue weighted by molar-refractivity contribution is 6.31. The third-order valence-electron chi connectivity index (χ3n) is 3.01. The molecule has 6 heteroatoms. The van der Waals surface area contributed by atoms with Crippen LogP contribution >= 0.6 is 11.6 Å². The van der Waals surface area contributed by atoms with Crippen molar-refractivity contribution in [2.24, 2.45) is 0 Å². The van der Waals surface area contributed by atoms with Crippen molar-refractivity contribution in [3.05, 3.63) is 63.7 Å². The van der Waals surface area contributed by atoms with Crippen LogP contribution in [0, 0.1) is 13.8 Å². The third kappa shape index (κ3) is 3.80. The van der Waals surface area contributed by atoms with E-state index in [9.17, 15) is 18.0 Å². The molecule has 0 bridgehead atoms. The number of hydrogen-bond acceptors (Lipinski definition) is 1. The van der Waals surface area contributed by atoms with Crippen LogP contribution in [0.1, 0.15) is 27.0 Å². The zero-order valence-corrected chi connectivity index (χ0v) is 12.6. The maximum atomic E-state index is 12.8. The molecule has 116 valence electrons. The molecule has 2 nitrogen and oxygen atoms in total. The van der Waals surface area contributed by atoms with Crippen molar-refractivity contribution in [3.63, 3.8) is 0 Å². The first-order chi connectivity index (χ1) is 10.2. The van der Waals surface area contributed by atoms with E-state index in [1.807, 2.05) is 19.9 Å². The summed E-state index contributed by atoms with van der Waals surface area (Å²) in [6.07, 6.45) is -4.57. The van der Waals surface area contributed by atoms with Gasteiger partial charge in [0.15, 0.2) is 0 Å². The van der Waals surface area contributed by atoms with Crippen molar-refractivity contribution in [2.75, 3.05) is 5.32 Å². The number of anilines is 1. The lowest BCUT2D eigenvalue weighted by Gasteiger charge is -2.12. The van der Waals surface area contributed by atoms with Crippen molar-refractivity contribution in [1.82, 2.24) is 0 Å². The molecule has 22 heavy (non-hydrogen) atoms. The lowest BCUT2D eigenvalue weighted by molar-refractivity contribution is -0.137. The number of benzene rings is 2. The number of alkyl halides is 3. The van der Waals surface area contributed by atoms with Gasteiger partial charge < -0.3 is 5.32 Å². The molecule has 0 spiro atoms. The Balaban J connectivity index is 2.29. The smallest absolute Gasteiger partial charge is 0.322 e. The number of rotatable bonds is 2. The van der Waals surface area contributed by atoms with Gasteiger partial charge in [0.25, 0.3) is 5.91 Å². The molecule has 0 atom stereocenters. The highest BCUT2D eigenvalue weighted by Gasteiger charge is 2.33. The van der Waals surface area contributed by atoms with Crippen LogP contribution in [-0.4, -0.2) is 5.91 Å². The summed E-state index contributed by atoms with van der Waals surface area (Å²) in [6.45, 7) is 3.68. The summed E-state index contributed by atoms with van der Waals surface area (Å²) in [4.78, 5) is 12.1. The number of nitrogens with one attached hydrogen (secondary N) is 1. The van der Waals surface area contributed by atoms with Crippen molar-refractivity contribution >= 4 is 23.2 Å². The average molecular weight is 328 g/mol. The molecule has 0 heterocycles. The Morgan fingerprint density at radius 1 is 1.05 bits per heavy atom. The monoisotopic (exact) mass is 327 g/mol. The number of carbonyl (C=O) groups is 1. The zero-order chi connectivity index (χ0) is 16.5. The third-order valence-corrected chi connectivity index (χ3v) is 3.34. The number of halogens is 4. The minimum absolute atomic E-state index is 0.0425. The summed E-state index contributed by atoms with van der Waals surface area (Å²) >= 11 is 5.54. The van der Waals surface area contributed by atoms with Crippen LogP contribution in [-0.2, 0) is 6.18 Å². The maximum Gasteiger partial charge on any atom is 0.417 e. The topological polar surface area (TPSA) is 29.1 Å². The molecule has 0 fully saturated rings. The predicted molar refractivity (Wildman–Crippen MR) is 80.3 cm³/mol. The average Bonchev–Trinajstić information content (AvgIpc) is 2.38. The van der Waals surface area contributed by atoms with Crippen molar-refractivity contribution in [2.45, 2.75) is 20.0 Å². The van der Waals surface area contributed by atoms with Crippen molar-refractivity contribution < 1.29 is 18.0 Å². The van der Waals surface area contributed by atoms with E-state index in [0.29, 0.717) is 5.56 Å². The van der Waals surface area contributed by atoms with Gasteiger partial charge in [-0.15, -0.1) is 0 Å². The van der Waals surface area contributed by atoms with Crippen LogP contribution < -0.4 is 5.32 Å². The number of carbonyl (C=O) groups excluding carboxylic acids is 1. The Hall–Kier alpha value is -2.01. The molecule has 2 aromatic carbocycles. The van der Waals surface area contributed by atoms with Crippen LogP contribution in [0.25, 0.3) is 0 Å². The molecule has 1 amide bonds. The predicted octanol–water partition coefficient (Wildman–Crippen LogP) is 5.23. The highest BCUT2D eigenvalue weighted by Crippen LogP contribution is 2.36. The van der Waals surface area contributed by atoms with Crippen LogP contribution in [0.2, 0.25) is 5.02 Å². The maximum absolute atomic E-state index is 12.8. The lowest BCUT2D eigenvalue weighted by Crippen LogP contribution is -2.14. The van der Waals surface area contributed by atoms with Gasteiger partial charge >= 0.3 is 6.18 Å². The SMILES string of the molecule is Cc1cc(C)cc(C(=O)Nc2ccc(Cl)c(C(F)(F)F)c2)c1. The molecular formula is C16H13ClF3NO. The van der Waals surface area contributed by atoms with E-state index >= 15 is 0 Å². The Morgan fingerprint density at radius 3 is 2.18 bits per heavy atom. The Labute approximate surface area is 130 Å². The lowest BCUT2D eigenvalue weighted by atomic mass is 10.1. The quantitative estimate of drug-likeness (QED) is 0.804. The summed E-state index contributed by atoms with van der Waals surface area (Å²) in [7, 11) is 0. The van der Waals surface area contributed by atoms with E-state index in [0.717, 1.165) is 23.3 Å². The molecule has 0 aliphatic carbocycles. The second-order valence-electron chi connectivity index (χ2n) is 5.02. The minimum Gasteiger partial charge on any atom is -0.322 e. The summed E-state index contributed by atoms with van der Waals surface area (Å²) in [5.74, 6) is -0.470. The number of aryl methyl sites for hydroxylation is 2. The summed E-state index contributed by atoms with van der Waals surface area (Å²) in [6, 6.07) is 8.51. The van der Waals surface area contributed by atoms with Gasteiger partial charge in [0.2, 0.25) is 0 Å². The fraction of sp³-hybridized carbons (Fsp3) is 0.188. The molecule has 0 aromatic heterocycles. The van der Waals surface area contributed by atoms with Gasteiger partial charge in [-0.3, -0.25) is 4.79 Å². The molecule has 0 unspecified atom stereocenters. The molecule has 1 N–H and O–H groups in total. The zero-order valence-electron chi connectivity index (χ0n) is 11.9. The molecule has 0 aliphatic heterocycles. The van der Waals surface area contributed by atoms with E-state index in [1.165, 1.54) is 6.07 Å². The van der Waals surface area contributed by atoms with E-state index in [-0.39, 0.29) is 5.69 Å². The first-order valence-corrected chi connectivity index (χ1v) is 6.81. The van der Waals surface area contributed by atoms with Crippen LogP contribution in [0.5, 0.6) is 0 Å². The minimum atomic E-state index is -4.57. The Morgan fingerprint density at radius 2 is 1.64 bits per heavy atom. The van der Waals surface area contributed by atoms with Gasteiger partial charge in [-0.2, -0.15) is 13.2 Å². The first kappa shape index (κ1) is 16.4. The van der Waals surface area contributed by atoms with Crippen molar-refractivity contribution in [3.8, 4) is 0 Å². The van der Waals surface area contributed by atoms with E-state index < -0.39 is 22.7 Å². The summed E-state index contributed by atoms with van der Waals surface area (Å²) < 4.78 is 38.4. The molecular weight excluding hydrogens is 315 g/mol. The fourth-order valence-corrected chi connectivity index (χ4v) is 2.35. The van der Waals surface area contributed by atoms with Crippen LogP contribution in [0.15, 0.2) is 36.4 Å². The van der Waals surface area contributed by atoms with Gasteiger partial charge in [-0.05, 0) is 44.2 Å². The fourth-order valence-electron chi connectivity index (χ4n) is 2.13. The molecule has 0 saturated carbocycles. The van der Waals surface area contributed by atoms with Crippen molar-refractivity contribution in [1.29, 1.82) is 0 Å². The van der Waals surface area contributed by atoms with Gasteiger partial charge in [-0.1, -0.05) is 28.8 Å². The number of amides is 1.